The summed E-state index contributed by atoms with van der Waals surface area (Å²) >= 11 is 0. The van der Waals surface area contributed by atoms with Gasteiger partial charge in [-0.15, -0.1) is 0 Å². The van der Waals surface area contributed by atoms with Crippen molar-refractivity contribution in [1.29, 1.82) is 0 Å². The first kappa shape index (κ1) is 21.2. The highest BCUT2D eigenvalue weighted by molar-refractivity contribution is 7.89. The summed E-state index contributed by atoms with van der Waals surface area (Å²) in [5.41, 5.74) is 2.39. The molecule has 9 heteroatoms. The smallest absolute Gasteiger partial charge is 0.293 e. The van der Waals surface area contributed by atoms with Crippen molar-refractivity contribution in [3.05, 3.63) is 63.7 Å². The van der Waals surface area contributed by atoms with Crippen molar-refractivity contribution in [1.82, 2.24) is 4.72 Å². The average molecular weight is 420 g/mol. The second kappa shape index (κ2) is 8.89. The van der Waals surface area contributed by atoms with Gasteiger partial charge in [-0.1, -0.05) is 24.3 Å². The van der Waals surface area contributed by atoms with Gasteiger partial charge >= 0.3 is 0 Å². The van der Waals surface area contributed by atoms with E-state index in [0.29, 0.717) is 5.69 Å². The van der Waals surface area contributed by atoms with Crippen LogP contribution < -0.4 is 10.0 Å². The molecule has 2 atom stereocenters. The van der Waals surface area contributed by atoms with Gasteiger partial charge in [0.05, 0.1) is 22.5 Å². The maximum absolute atomic E-state index is 12.5. The van der Waals surface area contributed by atoms with E-state index in [4.69, 9.17) is 4.74 Å². The van der Waals surface area contributed by atoms with Crippen LogP contribution in [-0.4, -0.2) is 33.1 Å². The fourth-order valence-electron chi connectivity index (χ4n) is 3.66. The van der Waals surface area contributed by atoms with Crippen molar-refractivity contribution in [3.8, 4) is 0 Å². The van der Waals surface area contributed by atoms with E-state index in [-0.39, 0.29) is 23.2 Å². The number of sulfonamides is 1. The molecule has 156 valence electrons. The van der Waals surface area contributed by atoms with Crippen molar-refractivity contribution in [2.24, 2.45) is 0 Å². The minimum Gasteiger partial charge on any atom is -0.383 e. The second-order valence-corrected chi connectivity index (χ2v) is 8.92. The number of nitrogens with zero attached hydrogens (tertiary/aromatic N) is 1. The number of fused-ring (bicyclic) bond motifs is 1. The first-order chi connectivity index (χ1) is 13.8. The third kappa shape index (κ3) is 4.92. The summed E-state index contributed by atoms with van der Waals surface area (Å²) in [6.45, 7) is 1.86. The Morgan fingerprint density at radius 2 is 2.03 bits per heavy atom. The van der Waals surface area contributed by atoms with E-state index in [1.54, 1.807) is 6.92 Å². The minimum absolute atomic E-state index is 0.0547. The third-order valence-corrected chi connectivity index (χ3v) is 6.54. The zero-order valence-corrected chi connectivity index (χ0v) is 17.2. The van der Waals surface area contributed by atoms with Crippen LogP contribution in [0.5, 0.6) is 0 Å². The number of methoxy groups -OCH3 is 1. The van der Waals surface area contributed by atoms with E-state index in [9.17, 15) is 18.5 Å². The Labute approximate surface area is 170 Å². The summed E-state index contributed by atoms with van der Waals surface area (Å²) in [5, 5.41) is 14.9. The molecule has 1 aliphatic carbocycles. The summed E-state index contributed by atoms with van der Waals surface area (Å²) in [6.07, 6.45) is 2.82. The average Bonchev–Trinajstić information content (AvgIpc) is 2.68. The van der Waals surface area contributed by atoms with E-state index in [0.717, 1.165) is 30.9 Å². The van der Waals surface area contributed by atoms with Crippen LogP contribution in [0.3, 0.4) is 0 Å². The molecule has 0 spiro atoms. The van der Waals surface area contributed by atoms with Crippen LogP contribution in [0.2, 0.25) is 0 Å². The van der Waals surface area contributed by atoms with Crippen LogP contribution in [0.1, 0.15) is 36.9 Å². The SMILES string of the molecule is COC[C@@H](C)NS(=O)(=O)c1ccc(N[C@H]2CCCc3ccccc32)c([N+](=O)[O-])c1. The molecule has 0 heterocycles. The lowest BCUT2D eigenvalue weighted by Gasteiger charge is -2.27. The van der Waals surface area contributed by atoms with E-state index >= 15 is 0 Å². The standard InChI is InChI=1S/C20H25N3O5S/c1-14(13-28-2)22-29(26,27)16-10-11-19(20(12-16)23(24)25)21-18-9-5-7-15-6-3-4-8-17(15)18/h3-4,6,8,10-12,14,18,21-22H,5,7,9,13H2,1-2H3/t14-,18+/m1/s1. The summed E-state index contributed by atoms with van der Waals surface area (Å²) in [7, 11) is -2.43. The van der Waals surface area contributed by atoms with Crippen molar-refractivity contribution < 1.29 is 18.1 Å². The lowest BCUT2D eigenvalue weighted by Crippen LogP contribution is -2.35. The third-order valence-electron chi connectivity index (χ3n) is 4.95. The van der Waals surface area contributed by atoms with Gasteiger partial charge in [-0.05, 0) is 49.4 Å². The van der Waals surface area contributed by atoms with Crippen LogP contribution >= 0.6 is 0 Å². The molecule has 1 aliphatic rings. The van der Waals surface area contributed by atoms with Crippen LogP contribution in [0.25, 0.3) is 0 Å². The molecule has 2 aromatic carbocycles. The largest absolute Gasteiger partial charge is 0.383 e. The number of hydrogen-bond donors (Lipinski definition) is 2. The van der Waals surface area contributed by atoms with Gasteiger partial charge in [-0.3, -0.25) is 10.1 Å². The molecule has 0 fully saturated rings. The Bertz CT molecular complexity index is 993. The van der Waals surface area contributed by atoms with E-state index < -0.39 is 21.0 Å². The van der Waals surface area contributed by atoms with Crippen LogP contribution in [0.15, 0.2) is 47.4 Å². The monoisotopic (exact) mass is 419 g/mol. The molecular formula is C20H25N3O5S. The summed E-state index contributed by atoms with van der Waals surface area (Å²) in [4.78, 5) is 10.9. The van der Waals surface area contributed by atoms with Gasteiger partial charge < -0.3 is 10.1 Å². The van der Waals surface area contributed by atoms with Crippen LogP contribution in [0, 0.1) is 10.1 Å². The Morgan fingerprint density at radius 3 is 2.76 bits per heavy atom. The minimum atomic E-state index is -3.90. The molecule has 0 saturated carbocycles. The highest BCUT2D eigenvalue weighted by Crippen LogP contribution is 2.36. The Kier molecular flexibility index (Phi) is 6.51. The molecule has 0 unspecified atom stereocenters. The number of aryl methyl sites for hydroxylation is 1. The van der Waals surface area contributed by atoms with Gasteiger partial charge in [0.25, 0.3) is 5.69 Å². The van der Waals surface area contributed by atoms with Crippen molar-refractivity contribution in [2.75, 3.05) is 19.0 Å². The Hall–Kier alpha value is -2.49. The van der Waals surface area contributed by atoms with Gasteiger partial charge in [0.15, 0.2) is 0 Å². The number of hydrogen-bond acceptors (Lipinski definition) is 6. The molecule has 0 aliphatic heterocycles. The summed E-state index contributed by atoms with van der Waals surface area (Å²) < 4.78 is 32.5. The van der Waals surface area contributed by atoms with Gasteiger partial charge in [0, 0.05) is 19.2 Å². The number of nitro benzene ring substituents is 1. The van der Waals surface area contributed by atoms with Crippen molar-refractivity contribution in [3.63, 3.8) is 0 Å². The van der Waals surface area contributed by atoms with E-state index in [2.05, 4.69) is 16.1 Å². The number of anilines is 1. The number of ether oxygens (including phenoxy) is 1. The topological polar surface area (TPSA) is 111 Å². The molecule has 0 amide bonds. The zero-order chi connectivity index (χ0) is 21.0. The maximum Gasteiger partial charge on any atom is 0.293 e. The van der Waals surface area contributed by atoms with Crippen LogP contribution in [-0.2, 0) is 21.2 Å². The molecule has 0 saturated heterocycles. The molecule has 29 heavy (non-hydrogen) atoms. The first-order valence-electron chi connectivity index (χ1n) is 9.46. The number of benzene rings is 2. The molecule has 8 nitrogen and oxygen atoms in total. The molecular weight excluding hydrogens is 394 g/mol. The van der Waals surface area contributed by atoms with Gasteiger partial charge in [-0.2, -0.15) is 0 Å². The van der Waals surface area contributed by atoms with Crippen LogP contribution in [0.4, 0.5) is 11.4 Å². The van der Waals surface area contributed by atoms with E-state index in [1.165, 1.54) is 24.8 Å². The van der Waals surface area contributed by atoms with Gasteiger partial charge in [-0.25, -0.2) is 13.1 Å². The molecule has 0 radical (unpaired) electrons. The molecule has 2 N–H and O–H groups in total. The quantitative estimate of drug-likeness (QED) is 0.501. The number of rotatable bonds is 8. The predicted octanol–water partition coefficient (Wildman–Crippen LogP) is 3.40. The number of nitrogens with one attached hydrogen (secondary N) is 2. The van der Waals surface area contributed by atoms with E-state index in [1.807, 2.05) is 18.2 Å². The first-order valence-corrected chi connectivity index (χ1v) is 10.9. The Balaban J connectivity index is 1.89. The zero-order valence-electron chi connectivity index (χ0n) is 16.4. The van der Waals surface area contributed by atoms with Gasteiger partial charge in [0.1, 0.15) is 5.69 Å². The molecule has 3 rings (SSSR count). The summed E-state index contributed by atoms with van der Waals surface area (Å²) in [5.74, 6) is 0. The molecule has 0 aromatic heterocycles. The van der Waals surface area contributed by atoms with Gasteiger partial charge in [0.2, 0.25) is 10.0 Å². The normalized spacial score (nSPS) is 17.4. The van der Waals surface area contributed by atoms with Crippen molar-refractivity contribution in [2.45, 2.75) is 43.2 Å². The fraction of sp³-hybridized carbons (Fsp3) is 0.400. The predicted molar refractivity (Wildman–Crippen MR) is 110 cm³/mol. The lowest BCUT2D eigenvalue weighted by molar-refractivity contribution is -0.384. The summed E-state index contributed by atoms with van der Waals surface area (Å²) in [6, 6.07) is 11.5. The molecule has 0 bridgehead atoms. The fourth-order valence-corrected chi connectivity index (χ4v) is 4.91. The highest BCUT2D eigenvalue weighted by atomic mass is 32.2. The lowest BCUT2D eigenvalue weighted by atomic mass is 9.87. The maximum atomic E-state index is 12.5. The van der Waals surface area contributed by atoms with Crippen molar-refractivity contribution >= 4 is 21.4 Å². The Morgan fingerprint density at radius 1 is 1.28 bits per heavy atom. The molecule has 2 aromatic rings. The number of nitro groups is 1. The highest BCUT2D eigenvalue weighted by Gasteiger charge is 2.26. The second-order valence-electron chi connectivity index (χ2n) is 7.20.